The fourth-order valence-corrected chi connectivity index (χ4v) is 2.39. The van der Waals surface area contributed by atoms with Crippen molar-refractivity contribution in [3.63, 3.8) is 0 Å². The summed E-state index contributed by atoms with van der Waals surface area (Å²) < 4.78 is 0. The van der Waals surface area contributed by atoms with Gasteiger partial charge in [0.15, 0.2) is 0 Å². The van der Waals surface area contributed by atoms with Crippen LogP contribution >= 0.6 is 0 Å². The van der Waals surface area contributed by atoms with Crippen molar-refractivity contribution in [1.82, 2.24) is 5.43 Å². The number of unbranched alkanes of at least 4 members (excludes halogenated alkanes) is 2. The summed E-state index contributed by atoms with van der Waals surface area (Å²) in [5.41, 5.74) is 4.69. The molecule has 0 unspecified atom stereocenters. The molecule has 0 fully saturated rings. The first kappa shape index (κ1) is 20.1. The zero-order valence-electron chi connectivity index (χ0n) is 15.5. The molecule has 2 amide bonds. The normalized spacial score (nSPS) is 11.0. The number of hydrazone groups is 1. The second-order valence-corrected chi connectivity index (χ2v) is 6.07. The second-order valence-electron chi connectivity index (χ2n) is 6.07. The van der Waals surface area contributed by atoms with Gasteiger partial charge in [-0.05, 0) is 42.3 Å². The molecule has 2 N–H and O–H groups in total. The van der Waals surface area contributed by atoms with Crippen molar-refractivity contribution in [2.75, 3.05) is 5.32 Å². The minimum absolute atomic E-state index is 0.00421. The van der Waals surface area contributed by atoms with Crippen molar-refractivity contribution in [2.24, 2.45) is 5.10 Å². The Kier molecular flexibility index (Phi) is 8.50. The summed E-state index contributed by atoms with van der Waals surface area (Å²) >= 11 is 0. The van der Waals surface area contributed by atoms with Crippen molar-refractivity contribution in [3.8, 4) is 0 Å². The van der Waals surface area contributed by atoms with E-state index < -0.39 is 0 Å². The smallest absolute Gasteiger partial charge is 0.271 e. The number of anilines is 1. The molecule has 0 spiro atoms. The molecule has 2 aromatic rings. The quantitative estimate of drug-likeness (QED) is 0.387. The number of hydrogen-bond donors (Lipinski definition) is 2. The van der Waals surface area contributed by atoms with Gasteiger partial charge in [0.2, 0.25) is 5.91 Å². The monoisotopic (exact) mass is 363 g/mol. The third-order valence-corrected chi connectivity index (χ3v) is 3.85. The zero-order chi connectivity index (χ0) is 19.3. The molecule has 0 atom stereocenters. The number of nitrogens with zero attached hydrogens (tertiary/aromatic N) is 1. The van der Waals surface area contributed by atoms with E-state index in [1.165, 1.54) is 6.21 Å². The predicted octanol–water partition coefficient (Wildman–Crippen LogP) is 4.63. The molecule has 0 bridgehead atoms. The second kappa shape index (κ2) is 11.4. The third kappa shape index (κ3) is 7.69. The van der Waals surface area contributed by atoms with E-state index in [1.807, 2.05) is 36.4 Å². The molecule has 0 aliphatic rings. The van der Waals surface area contributed by atoms with Gasteiger partial charge in [0.05, 0.1) is 0 Å². The fourth-order valence-electron chi connectivity index (χ4n) is 2.39. The first-order valence-corrected chi connectivity index (χ1v) is 9.14. The SMILES string of the molecule is CCCCCC(=O)Nc1ccc(C(=O)N/N=C/C=C/c2ccccc2)cc1. The first-order chi connectivity index (χ1) is 13.2. The number of amides is 2. The van der Waals surface area contributed by atoms with E-state index in [-0.39, 0.29) is 11.8 Å². The Hall–Kier alpha value is -3.21. The number of rotatable bonds is 9. The molecule has 0 heterocycles. The summed E-state index contributed by atoms with van der Waals surface area (Å²) in [6.45, 7) is 2.10. The van der Waals surface area contributed by atoms with Crippen LogP contribution in [0.1, 0.15) is 48.5 Å². The molecule has 5 nitrogen and oxygen atoms in total. The van der Waals surface area contributed by atoms with Crippen molar-refractivity contribution in [3.05, 3.63) is 71.8 Å². The lowest BCUT2D eigenvalue weighted by Gasteiger charge is -2.06. The number of hydrogen-bond acceptors (Lipinski definition) is 3. The van der Waals surface area contributed by atoms with Crippen LogP contribution in [-0.2, 0) is 4.79 Å². The van der Waals surface area contributed by atoms with Gasteiger partial charge in [-0.15, -0.1) is 0 Å². The Labute approximate surface area is 160 Å². The van der Waals surface area contributed by atoms with E-state index in [9.17, 15) is 9.59 Å². The lowest BCUT2D eigenvalue weighted by atomic mass is 10.1. The molecule has 27 heavy (non-hydrogen) atoms. The Morgan fingerprint density at radius 2 is 1.74 bits per heavy atom. The van der Waals surface area contributed by atoms with Crippen molar-refractivity contribution in [2.45, 2.75) is 32.6 Å². The number of nitrogens with one attached hydrogen (secondary N) is 2. The molecule has 0 aliphatic carbocycles. The van der Waals surface area contributed by atoms with Crippen LogP contribution in [0.25, 0.3) is 6.08 Å². The van der Waals surface area contributed by atoms with Crippen molar-refractivity contribution < 1.29 is 9.59 Å². The van der Waals surface area contributed by atoms with E-state index in [1.54, 1.807) is 30.3 Å². The molecular weight excluding hydrogens is 338 g/mol. The van der Waals surface area contributed by atoms with Crippen molar-refractivity contribution >= 4 is 29.8 Å². The molecule has 0 saturated carbocycles. The lowest BCUT2D eigenvalue weighted by molar-refractivity contribution is -0.116. The van der Waals surface area contributed by atoms with Gasteiger partial charge in [-0.1, -0.05) is 56.2 Å². The van der Waals surface area contributed by atoms with E-state index in [4.69, 9.17) is 0 Å². The van der Waals surface area contributed by atoms with Crippen LogP contribution in [0.4, 0.5) is 5.69 Å². The number of allylic oxidation sites excluding steroid dienone is 1. The summed E-state index contributed by atoms with van der Waals surface area (Å²) in [6.07, 6.45) is 8.71. The Morgan fingerprint density at radius 1 is 1.00 bits per heavy atom. The summed E-state index contributed by atoms with van der Waals surface area (Å²) in [5.74, 6) is -0.310. The first-order valence-electron chi connectivity index (χ1n) is 9.14. The average molecular weight is 363 g/mol. The molecule has 140 valence electrons. The Bertz CT molecular complexity index is 781. The molecule has 5 heteroatoms. The van der Waals surface area contributed by atoms with E-state index in [0.29, 0.717) is 17.7 Å². The highest BCUT2D eigenvalue weighted by atomic mass is 16.2. The number of carbonyl (C=O) groups excluding carboxylic acids is 2. The minimum atomic E-state index is -0.305. The summed E-state index contributed by atoms with van der Waals surface area (Å²) in [5, 5.41) is 6.73. The van der Waals surface area contributed by atoms with Crippen LogP contribution in [0, 0.1) is 0 Å². The van der Waals surface area contributed by atoms with Gasteiger partial charge in [0, 0.05) is 23.9 Å². The van der Waals surface area contributed by atoms with Crippen LogP contribution in [-0.4, -0.2) is 18.0 Å². The molecule has 2 aromatic carbocycles. The maximum atomic E-state index is 12.0. The van der Waals surface area contributed by atoms with Crippen LogP contribution < -0.4 is 10.7 Å². The van der Waals surface area contributed by atoms with Crippen LogP contribution in [0.15, 0.2) is 65.8 Å². The standard InChI is InChI=1S/C22H25N3O2/c1-2-3-5-12-21(26)24-20-15-13-19(14-16-20)22(27)25-23-17-8-11-18-9-6-4-7-10-18/h4,6-11,13-17H,2-3,5,12H2,1H3,(H,24,26)(H,25,27)/b11-8+,23-17+. The summed E-state index contributed by atoms with van der Waals surface area (Å²) in [4.78, 5) is 23.8. The number of benzene rings is 2. The highest BCUT2D eigenvalue weighted by Gasteiger charge is 2.05. The molecule has 0 saturated heterocycles. The molecule has 0 aliphatic heterocycles. The largest absolute Gasteiger partial charge is 0.326 e. The van der Waals surface area contributed by atoms with E-state index in [2.05, 4.69) is 22.8 Å². The highest BCUT2D eigenvalue weighted by Crippen LogP contribution is 2.11. The molecule has 0 aromatic heterocycles. The topological polar surface area (TPSA) is 70.6 Å². The maximum Gasteiger partial charge on any atom is 0.271 e. The molecular formula is C22H25N3O2. The van der Waals surface area contributed by atoms with Gasteiger partial charge in [-0.25, -0.2) is 5.43 Å². The summed E-state index contributed by atoms with van der Waals surface area (Å²) in [6, 6.07) is 16.6. The third-order valence-electron chi connectivity index (χ3n) is 3.85. The minimum Gasteiger partial charge on any atom is -0.326 e. The van der Waals surface area contributed by atoms with Gasteiger partial charge in [-0.2, -0.15) is 5.10 Å². The van der Waals surface area contributed by atoms with Gasteiger partial charge in [0.1, 0.15) is 0 Å². The molecule has 0 radical (unpaired) electrons. The zero-order valence-corrected chi connectivity index (χ0v) is 15.5. The van der Waals surface area contributed by atoms with Crippen molar-refractivity contribution in [1.29, 1.82) is 0 Å². The number of carbonyl (C=O) groups is 2. The Morgan fingerprint density at radius 3 is 2.44 bits per heavy atom. The molecule has 2 rings (SSSR count). The van der Waals surface area contributed by atoms with Gasteiger partial charge >= 0.3 is 0 Å². The van der Waals surface area contributed by atoms with Gasteiger partial charge < -0.3 is 5.32 Å². The van der Waals surface area contributed by atoms with Crippen LogP contribution in [0.3, 0.4) is 0 Å². The van der Waals surface area contributed by atoms with E-state index >= 15 is 0 Å². The highest BCUT2D eigenvalue weighted by molar-refractivity contribution is 5.96. The fraction of sp³-hybridized carbons (Fsp3) is 0.227. The van der Waals surface area contributed by atoms with Gasteiger partial charge in [-0.3, -0.25) is 9.59 Å². The van der Waals surface area contributed by atoms with E-state index in [0.717, 1.165) is 24.8 Å². The lowest BCUT2D eigenvalue weighted by Crippen LogP contribution is -2.17. The predicted molar refractivity (Wildman–Crippen MR) is 111 cm³/mol. The van der Waals surface area contributed by atoms with Crippen LogP contribution in [0.2, 0.25) is 0 Å². The maximum absolute atomic E-state index is 12.0. The van der Waals surface area contributed by atoms with Crippen LogP contribution in [0.5, 0.6) is 0 Å². The Balaban J connectivity index is 1.78. The van der Waals surface area contributed by atoms with Gasteiger partial charge in [0.25, 0.3) is 5.91 Å². The average Bonchev–Trinajstić information content (AvgIpc) is 2.69. The summed E-state index contributed by atoms with van der Waals surface area (Å²) in [7, 11) is 0.